The number of carbonyl (C=O) groups is 2. The summed E-state index contributed by atoms with van der Waals surface area (Å²) >= 11 is 1.47. The molecule has 0 aromatic carbocycles. The Hall–Kier alpha value is -2.22. The van der Waals surface area contributed by atoms with Crippen LogP contribution in [0.2, 0.25) is 0 Å². The molecular formula is C22H26N4O3S. The number of aryl methyl sites for hydroxylation is 1. The Balaban J connectivity index is 1.17. The van der Waals surface area contributed by atoms with Crippen LogP contribution in [-0.2, 0) is 17.8 Å². The number of hydrogen-bond donors (Lipinski definition) is 1. The molecule has 30 heavy (non-hydrogen) atoms. The number of amides is 2. The van der Waals surface area contributed by atoms with Crippen LogP contribution in [0.4, 0.5) is 5.13 Å². The van der Waals surface area contributed by atoms with Crippen molar-refractivity contribution in [3.8, 4) is 0 Å². The summed E-state index contributed by atoms with van der Waals surface area (Å²) in [5.74, 6) is 2.96. The summed E-state index contributed by atoms with van der Waals surface area (Å²) in [7, 11) is 0. The number of rotatable bonds is 3. The first-order valence-electron chi connectivity index (χ1n) is 11.0. The van der Waals surface area contributed by atoms with Gasteiger partial charge in [-0.05, 0) is 63.2 Å². The quantitative estimate of drug-likeness (QED) is 0.807. The van der Waals surface area contributed by atoms with Gasteiger partial charge in [0.25, 0.3) is 5.91 Å². The van der Waals surface area contributed by atoms with Gasteiger partial charge in [-0.15, -0.1) is 0 Å². The average molecular weight is 427 g/mol. The molecule has 158 valence electrons. The Morgan fingerprint density at radius 3 is 2.53 bits per heavy atom. The number of hydrogen-bond acceptors (Lipinski definition) is 6. The zero-order chi connectivity index (χ0) is 20.5. The van der Waals surface area contributed by atoms with Crippen molar-refractivity contribution in [2.45, 2.75) is 58.4 Å². The van der Waals surface area contributed by atoms with Gasteiger partial charge in [-0.1, -0.05) is 16.5 Å². The standard InChI is InChI=1S/C22H26N4O3S/c1-12-4-17(25-29-12)19(27)24-21-23-16-2-3-26(11-18(16)30-21)20(28)22-8-13-5-14(9-22)7-15(6-13)10-22/h4,13-15H,2-3,5-11H2,1H3,(H,23,24,27). The second-order valence-corrected chi connectivity index (χ2v) is 10.9. The second kappa shape index (κ2) is 6.64. The van der Waals surface area contributed by atoms with Gasteiger partial charge in [0.15, 0.2) is 10.8 Å². The van der Waals surface area contributed by atoms with E-state index in [1.807, 2.05) is 0 Å². The lowest BCUT2D eigenvalue weighted by atomic mass is 9.49. The van der Waals surface area contributed by atoms with Gasteiger partial charge in [0.1, 0.15) is 5.76 Å². The number of anilines is 1. The van der Waals surface area contributed by atoms with Crippen molar-refractivity contribution >= 4 is 28.3 Å². The molecule has 1 N–H and O–H groups in total. The first-order chi connectivity index (χ1) is 14.5. The highest BCUT2D eigenvalue weighted by Crippen LogP contribution is 2.60. The van der Waals surface area contributed by atoms with Crippen molar-refractivity contribution in [3.05, 3.63) is 28.1 Å². The van der Waals surface area contributed by atoms with Crippen molar-refractivity contribution in [1.29, 1.82) is 0 Å². The lowest BCUT2D eigenvalue weighted by Crippen LogP contribution is -2.55. The van der Waals surface area contributed by atoms with Crippen LogP contribution in [-0.4, -0.2) is 33.4 Å². The van der Waals surface area contributed by atoms with Gasteiger partial charge in [0.2, 0.25) is 5.91 Å². The fourth-order valence-corrected chi connectivity index (χ4v) is 7.78. The predicted molar refractivity (Wildman–Crippen MR) is 111 cm³/mol. The Morgan fingerprint density at radius 2 is 1.90 bits per heavy atom. The fraction of sp³-hybridized carbons (Fsp3) is 0.636. The molecule has 1 aliphatic heterocycles. The highest BCUT2D eigenvalue weighted by atomic mass is 32.1. The fourth-order valence-electron chi connectivity index (χ4n) is 6.76. The monoisotopic (exact) mass is 426 g/mol. The summed E-state index contributed by atoms with van der Waals surface area (Å²) in [5.41, 5.74) is 1.15. The van der Waals surface area contributed by atoms with E-state index in [0.717, 1.165) is 60.6 Å². The molecule has 3 heterocycles. The van der Waals surface area contributed by atoms with Gasteiger partial charge in [-0.25, -0.2) is 4.98 Å². The van der Waals surface area contributed by atoms with E-state index >= 15 is 0 Å². The molecule has 5 aliphatic rings. The lowest BCUT2D eigenvalue weighted by Gasteiger charge is -2.56. The third-order valence-electron chi connectivity index (χ3n) is 7.59. The molecule has 2 aromatic heterocycles. The van der Waals surface area contributed by atoms with Crippen LogP contribution < -0.4 is 5.32 Å². The number of carbonyl (C=O) groups excluding carboxylic acids is 2. The van der Waals surface area contributed by atoms with Crippen molar-refractivity contribution in [3.63, 3.8) is 0 Å². The van der Waals surface area contributed by atoms with Crippen LogP contribution in [0.3, 0.4) is 0 Å². The Morgan fingerprint density at radius 1 is 1.20 bits per heavy atom. The molecule has 4 fully saturated rings. The summed E-state index contributed by atoms with van der Waals surface area (Å²) in [4.78, 5) is 33.8. The molecule has 0 saturated heterocycles. The van der Waals surface area contributed by atoms with E-state index in [9.17, 15) is 9.59 Å². The van der Waals surface area contributed by atoms with E-state index in [2.05, 4.69) is 20.4 Å². The first-order valence-corrected chi connectivity index (χ1v) is 11.8. The van der Waals surface area contributed by atoms with Crippen LogP contribution in [0.15, 0.2) is 10.6 Å². The zero-order valence-corrected chi connectivity index (χ0v) is 18.0. The third kappa shape index (κ3) is 2.99. The maximum absolute atomic E-state index is 13.7. The van der Waals surface area contributed by atoms with Crippen molar-refractivity contribution in [2.24, 2.45) is 23.2 Å². The molecule has 4 aliphatic carbocycles. The van der Waals surface area contributed by atoms with E-state index in [-0.39, 0.29) is 17.0 Å². The summed E-state index contributed by atoms with van der Waals surface area (Å²) in [6, 6.07) is 1.61. The largest absolute Gasteiger partial charge is 0.361 e. The molecule has 4 bridgehead atoms. The highest BCUT2D eigenvalue weighted by Gasteiger charge is 2.55. The van der Waals surface area contributed by atoms with Gasteiger partial charge in [0, 0.05) is 23.9 Å². The van der Waals surface area contributed by atoms with Crippen molar-refractivity contribution in [1.82, 2.24) is 15.0 Å². The Bertz CT molecular complexity index is 990. The van der Waals surface area contributed by atoms with Gasteiger partial charge in [-0.2, -0.15) is 0 Å². The molecule has 0 radical (unpaired) electrons. The first kappa shape index (κ1) is 18.5. The van der Waals surface area contributed by atoms with Crippen molar-refractivity contribution in [2.75, 3.05) is 11.9 Å². The van der Waals surface area contributed by atoms with Crippen LogP contribution in [0.5, 0.6) is 0 Å². The van der Waals surface area contributed by atoms with Gasteiger partial charge in [-0.3, -0.25) is 14.9 Å². The number of nitrogens with zero attached hydrogens (tertiary/aromatic N) is 3. The van der Waals surface area contributed by atoms with E-state index < -0.39 is 0 Å². The normalized spacial score (nSPS) is 31.6. The van der Waals surface area contributed by atoms with Crippen molar-refractivity contribution < 1.29 is 14.1 Å². The van der Waals surface area contributed by atoms with Gasteiger partial charge >= 0.3 is 0 Å². The molecule has 2 aromatic rings. The highest BCUT2D eigenvalue weighted by molar-refractivity contribution is 7.15. The topological polar surface area (TPSA) is 88.3 Å². The maximum Gasteiger partial charge on any atom is 0.279 e. The zero-order valence-electron chi connectivity index (χ0n) is 17.1. The minimum atomic E-state index is -0.320. The van der Waals surface area contributed by atoms with E-state index in [0.29, 0.717) is 23.3 Å². The molecule has 8 heteroatoms. The molecule has 0 unspecified atom stereocenters. The number of aromatic nitrogens is 2. The summed E-state index contributed by atoms with van der Waals surface area (Å²) < 4.78 is 4.97. The third-order valence-corrected chi connectivity index (χ3v) is 8.59. The van der Waals surface area contributed by atoms with E-state index in [1.54, 1.807) is 13.0 Å². The summed E-state index contributed by atoms with van der Waals surface area (Å²) in [5, 5.41) is 7.14. The minimum absolute atomic E-state index is 0.0984. The number of fused-ring (bicyclic) bond motifs is 1. The second-order valence-electron chi connectivity index (χ2n) is 9.84. The Labute approximate surface area is 179 Å². The maximum atomic E-state index is 13.7. The van der Waals surface area contributed by atoms with Crippen LogP contribution in [0.25, 0.3) is 0 Å². The predicted octanol–water partition coefficient (Wildman–Crippen LogP) is 3.79. The molecule has 7 nitrogen and oxygen atoms in total. The van der Waals surface area contributed by atoms with Gasteiger partial charge < -0.3 is 9.42 Å². The van der Waals surface area contributed by atoms with Crippen LogP contribution in [0.1, 0.15) is 65.3 Å². The summed E-state index contributed by atoms with van der Waals surface area (Å²) in [6.07, 6.45) is 8.09. The Kier molecular flexibility index (Phi) is 4.10. The molecule has 2 amide bonds. The molecular weight excluding hydrogens is 400 g/mol. The van der Waals surface area contributed by atoms with Gasteiger partial charge in [0.05, 0.1) is 17.7 Å². The molecule has 0 atom stereocenters. The van der Waals surface area contributed by atoms with E-state index in [4.69, 9.17) is 4.52 Å². The molecule has 7 rings (SSSR count). The molecule has 4 saturated carbocycles. The van der Waals surface area contributed by atoms with Crippen LogP contribution in [0, 0.1) is 30.1 Å². The lowest BCUT2D eigenvalue weighted by molar-refractivity contribution is -0.158. The minimum Gasteiger partial charge on any atom is -0.361 e. The number of thiazole rings is 1. The van der Waals surface area contributed by atoms with Crippen LogP contribution >= 0.6 is 11.3 Å². The SMILES string of the molecule is Cc1cc(C(=O)Nc2nc3c(s2)CN(C(=O)C24CC5CC(CC(C5)C2)C4)CC3)no1. The van der Waals surface area contributed by atoms with E-state index in [1.165, 1.54) is 30.6 Å². The average Bonchev–Trinajstić information content (AvgIpc) is 3.31. The summed E-state index contributed by atoms with van der Waals surface area (Å²) in [6.45, 7) is 3.10. The molecule has 0 spiro atoms. The smallest absolute Gasteiger partial charge is 0.279 e. The number of nitrogens with one attached hydrogen (secondary N) is 1.